The number of anilines is 2. The average molecular weight is 234 g/mol. The molecule has 0 unspecified atom stereocenters. The lowest BCUT2D eigenvalue weighted by Gasteiger charge is -2.19. The molecule has 0 atom stereocenters. The van der Waals surface area contributed by atoms with Crippen molar-refractivity contribution in [1.29, 1.82) is 5.26 Å². The van der Waals surface area contributed by atoms with E-state index in [-0.39, 0.29) is 5.95 Å². The molecular formula is C11H18N6. The summed E-state index contributed by atoms with van der Waals surface area (Å²) in [6.07, 6.45) is 2.20. The molecule has 0 radical (unpaired) electrons. The second-order valence-corrected chi connectivity index (χ2v) is 3.65. The highest BCUT2D eigenvalue weighted by molar-refractivity contribution is 5.34. The van der Waals surface area contributed by atoms with Crippen molar-refractivity contribution in [3.63, 3.8) is 0 Å². The molecule has 0 bridgehead atoms. The molecule has 1 aromatic rings. The highest BCUT2D eigenvalue weighted by atomic mass is 15.3. The van der Waals surface area contributed by atoms with E-state index >= 15 is 0 Å². The number of aromatic nitrogens is 3. The number of hydrogen-bond donors (Lipinski definition) is 1. The van der Waals surface area contributed by atoms with Crippen molar-refractivity contribution in [1.82, 2.24) is 15.0 Å². The summed E-state index contributed by atoms with van der Waals surface area (Å²) < 4.78 is 0. The molecule has 0 aliphatic heterocycles. The number of nitrogens with two attached hydrogens (primary N) is 1. The van der Waals surface area contributed by atoms with E-state index in [2.05, 4.69) is 27.9 Å². The first-order valence-electron chi connectivity index (χ1n) is 5.83. The van der Waals surface area contributed by atoms with Gasteiger partial charge in [0.05, 0.1) is 12.5 Å². The topological polar surface area (TPSA) is 91.7 Å². The lowest BCUT2D eigenvalue weighted by Crippen LogP contribution is -2.27. The predicted molar refractivity (Wildman–Crippen MR) is 66.4 cm³/mol. The predicted octanol–water partition coefficient (Wildman–Crippen LogP) is 1.15. The maximum Gasteiger partial charge on any atom is 0.230 e. The molecule has 0 saturated carbocycles. The maximum absolute atomic E-state index is 8.60. The summed E-state index contributed by atoms with van der Waals surface area (Å²) >= 11 is 0. The molecule has 6 heteroatoms. The fourth-order valence-electron chi connectivity index (χ4n) is 1.49. The Labute approximate surface area is 102 Å². The maximum atomic E-state index is 8.60. The summed E-state index contributed by atoms with van der Waals surface area (Å²) in [6, 6.07) is 2.11. The SMILES string of the molecule is CCCc1nc(N)nc(N(CC)CCC#N)n1. The Morgan fingerprint density at radius 2 is 2.06 bits per heavy atom. The minimum Gasteiger partial charge on any atom is -0.368 e. The monoisotopic (exact) mass is 234 g/mol. The van der Waals surface area contributed by atoms with Gasteiger partial charge in [-0.25, -0.2) is 0 Å². The number of nitrogen functional groups attached to an aromatic ring is 1. The number of aryl methyl sites for hydroxylation is 1. The first kappa shape index (κ1) is 13.2. The third-order valence-corrected chi connectivity index (χ3v) is 2.32. The fourth-order valence-corrected chi connectivity index (χ4v) is 1.49. The van der Waals surface area contributed by atoms with Crippen LogP contribution in [0.5, 0.6) is 0 Å². The number of rotatable bonds is 6. The van der Waals surface area contributed by atoms with E-state index in [4.69, 9.17) is 11.0 Å². The molecule has 6 nitrogen and oxygen atoms in total. The second kappa shape index (κ2) is 6.63. The Morgan fingerprint density at radius 1 is 1.29 bits per heavy atom. The fraction of sp³-hybridized carbons (Fsp3) is 0.636. The minimum atomic E-state index is 0.244. The Morgan fingerprint density at radius 3 is 2.65 bits per heavy atom. The average Bonchev–Trinajstić information content (AvgIpc) is 2.30. The Hall–Kier alpha value is -1.90. The molecule has 0 aliphatic rings. The third kappa shape index (κ3) is 3.87. The van der Waals surface area contributed by atoms with Crippen molar-refractivity contribution in [2.45, 2.75) is 33.1 Å². The van der Waals surface area contributed by atoms with Crippen LogP contribution in [0, 0.1) is 11.3 Å². The summed E-state index contributed by atoms with van der Waals surface area (Å²) in [4.78, 5) is 14.5. The highest BCUT2D eigenvalue weighted by Crippen LogP contribution is 2.10. The van der Waals surface area contributed by atoms with Crippen LogP contribution in [0.3, 0.4) is 0 Å². The molecule has 17 heavy (non-hydrogen) atoms. The molecular weight excluding hydrogens is 216 g/mol. The van der Waals surface area contributed by atoms with E-state index in [0.717, 1.165) is 19.4 Å². The van der Waals surface area contributed by atoms with Crippen molar-refractivity contribution in [2.75, 3.05) is 23.7 Å². The van der Waals surface area contributed by atoms with Gasteiger partial charge in [-0.15, -0.1) is 0 Å². The lowest BCUT2D eigenvalue weighted by molar-refractivity contribution is 0.756. The summed E-state index contributed by atoms with van der Waals surface area (Å²) in [5.41, 5.74) is 5.66. The van der Waals surface area contributed by atoms with E-state index in [9.17, 15) is 0 Å². The van der Waals surface area contributed by atoms with Crippen LogP contribution in [0.25, 0.3) is 0 Å². The molecule has 0 saturated heterocycles. The van der Waals surface area contributed by atoms with Gasteiger partial charge in [0.2, 0.25) is 11.9 Å². The third-order valence-electron chi connectivity index (χ3n) is 2.32. The molecule has 0 aromatic carbocycles. The van der Waals surface area contributed by atoms with E-state index in [1.54, 1.807) is 0 Å². The zero-order valence-electron chi connectivity index (χ0n) is 10.3. The lowest BCUT2D eigenvalue weighted by atomic mass is 10.3. The second-order valence-electron chi connectivity index (χ2n) is 3.65. The number of nitriles is 1. The molecule has 1 aromatic heterocycles. The van der Waals surface area contributed by atoms with Crippen LogP contribution in [0.1, 0.15) is 32.5 Å². The Kier molecular flexibility index (Phi) is 5.14. The van der Waals surface area contributed by atoms with Gasteiger partial charge in [-0.2, -0.15) is 20.2 Å². The van der Waals surface area contributed by atoms with E-state index < -0.39 is 0 Å². The number of nitrogens with zero attached hydrogens (tertiary/aromatic N) is 5. The molecule has 0 spiro atoms. The van der Waals surface area contributed by atoms with Gasteiger partial charge in [0.1, 0.15) is 5.82 Å². The van der Waals surface area contributed by atoms with Gasteiger partial charge in [0, 0.05) is 19.5 Å². The van der Waals surface area contributed by atoms with Crippen LogP contribution >= 0.6 is 0 Å². The van der Waals surface area contributed by atoms with Crippen molar-refractivity contribution in [3.05, 3.63) is 5.82 Å². The molecule has 1 heterocycles. The van der Waals surface area contributed by atoms with Crippen LogP contribution < -0.4 is 10.6 Å². The molecule has 0 aliphatic carbocycles. The summed E-state index contributed by atoms with van der Waals surface area (Å²) in [5.74, 6) is 1.53. The standard InChI is InChI=1S/C11H18N6/c1-3-6-9-14-10(13)16-11(15-9)17(4-2)8-5-7-12/h3-6,8H2,1-2H3,(H2,13,14,15,16). The largest absolute Gasteiger partial charge is 0.368 e. The van der Waals surface area contributed by atoms with Gasteiger partial charge in [-0.05, 0) is 13.3 Å². The summed E-state index contributed by atoms with van der Waals surface area (Å²) in [5, 5.41) is 8.60. The zero-order chi connectivity index (χ0) is 12.7. The van der Waals surface area contributed by atoms with Gasteiger partial charge >= 0.3 is 0 Å². The molecule has 0 amide bonds. The Bertz CT molecular complexity index is 397. The number of hydrogen-bond acceptors (Lipinski definition) is 6. The summed E-state index contributed by atoms with van der Waals surface area (Å²) in [7, 11) is 0. The van der Waals surface area contributed by atoms with Gasteiger partial charge in [-0.3, -0.25) is 0 Å². The van der Waals surface area contributed by atoms with Crippen LogP contribution in [-0.2, 0) is 6.42 Å². The Balaban J connectivity index is 2.90. The van der Waals surface area contributed by atoms with E-state index in [0.29, 0.717) is 24.7 Å². The van der Waals surface area contributed by atoms with Crippen LogP contribution in [0.2, 0.25) is 0 Å². The first-order valence-corrected chi connectivity index (χ1v) is 5.83. The molecule has 2 N–H and O–H groups in total. The van der Waals surface area contributed by atoms with Crippen molar-refractivity contribution in [2.24, 2.45) is 0 Å². The quantitative estimate of drug-likeness (QED) is 0.793. The van der Waals surface area contributed by atoms with Crippen molar-refractivity contribution >= 4 is 11.9 Å². The van der Waals surface area contributed by atoms with Crippen LogP contribution in [-0.4, -0.2) is 28.0 Å². The van der Waals surface area contributed by atoms with E-state index in [1.165, 1.54) is 0 Å². The van der Waals surface area contributed by atoms with Crippen LogP contribution in [0.4, 0.5) is 11.9 Å². The minimum absolute atomic E-state index is 0.244. The highest BCUT2D eigenvalue weighted by Gasteiger charge is 2.10. The molecule has 92 valence electrons. The summed E-state index contributed by atoms with van der Waals surface area (Å²) in [6.45, 7) is 5.42. The van der Waals surface area contributed by atoms with Gasteiger partial charge in [0.25, 0.3) is 0 Å². The first-order chi connectivity index (χ1) is 8.21. The molecule has 1 rings (SSSR count). The zero-order valence-corrected chi connectivity index (χ0v) is 10.3. The van der Waals surface area contributed by atoms with Crippen molar-refractivity contribution in [3.8, 4) is 6.07 Å². The molecule has 0 fully saturated rings. The smallest absolute Gasteiger partial charge is 0.230 e. The van der Waals surface area contributed by atoms with Crippen LogP contribution in [0.15, 0.2) is 0 Å². The van der Waals surface area contributed by atoms with Gasteiger partial charge < -0.3 is 10.6 Å². The normalized spacial score (nSPS) is 9.94. The van der Waals surface area contributed by atoms with E-state index in [1.807, 2.05) is 11.8 Å². The van der Waals surface area contributed by atoms with Gasteiger partial charge in [0.15, 0.2) is 0 Å². The van der Waals surface area contributed by atoms with Gasteiger partial charge in [-0.1, -0.05) is 6.92 Å². The van der Waals surface area contributed by atoms with Crippen molar-refractivity contribution < 1.29 is 0 Å².